The summed E-state index contributed by atoms with van der Waals surface area (Å²) in [5.41, 5.74) is -0.571. The van der Waals surface area contributed by atoms with Crippen molar-refractivity contribution in [2.75, 3.05) is 7.11 Å². The molecule has 1 aromatic carbocycles. The molecule has 2 aliphatic rings. The van der Waals surface area contributed by atoms with Crippen LogP contribution in [0.4, 0.5) is 4.39 Å². The van der Waals surface area contributed by atoms with Gasteiger partial charge in [-0.2, -0.15) is 0 Å². The third-order valence-corrected chi connectivity index (χ3v) is 5.55. The summed E-state index contributed by atoms with van der Waals surface area (Å²) < 4.78 is 18.8. The highest BCUT2D eigenvalue weighted by molar-refractivity contribution is 8.00. The van der Waals surface area contributed by atoms with Crippen molar-refractivity contribution in [2.24, 2.45) is 0 Å². The largest absolute Gasteiger partial charge is 0.468 e. The summed E-state index contributed by atoms with van der Waals surface area (Å²) in [5, 5.41) is 3.71. The Labute approximate surface area is 128 Å². The van der Waals surface area contributed by atoms with Crippen molar-refractivity contribution in [1.29, 1.82) is 0 Å². The summed E-state index contributed by atoms with van der Waals surface area (Å²) >= 11 is 1.53. The maximum absolute atomic E-state index is 13.8. The van der Waals surface area contributed by atoms with Gasteiger partial charge >= 0.3 is 5.97 Å². The summed E-state index contributed by atoms with van der Waals surface area (Å²) in [5.74, 6) is -0.362. The highest BCUT2D eigenvalue weighted by atomic mass is 32.2. The summed E-state index contributed by atoms with van der Waals surface area (Å²) in [6, 6.07) is 7.26. The first-order valence-corrected chi connectivity index (χ1v) is 8.28. The van der Waals surface area contributed by atoms with Crippen molar-refractivity contribution in [3.8, 4) is 0 Å². The molecule has 2 saturated carbocycles. The highest BCUT2D eigenvalue weighted by Crippen LogP contribution is 2.42. The van der Waals surface area contributed by atoms with E-state index in [-0.39, 0.29) is 17.0 Å². The maximum Gasteiger partial charge on any atom is 0.326 e. The van der Waals surface area contributed by atoms with Crippen molar-refractivity contribution in [1.82, 2.24) is 5.32 Å². The second kappa shape index (κ2) is 5.97. The highest BCUT2D eigenvalue weighted by Gasteiger charge is 2.49. The molecule has 1 aromatic rings. The van der Waals surface area contributed by atoms with Gasteiger partial charge in [0.1, 0.15) is 11.4 Å². The second-order valence-electron chi connectivity index (χ2n) is 5.91. The lowest BCUT2D eigenvalue weighted by atomic mass is 9.97. The van der Waals surface area contributed by atoms with Gasteiger partial charge in [-0.1, -0.05) is 12.1 Å². The molecule has 0 heterocycles. The molecule has 21 heavy (non-hydrogen) atoms. The van der Waals surface area contributed by atoms with E-state index in [9.17, 15) is 9.18 Å². The zero-order chi connectivity index (χ0) is 14.9. The molecule has 2 atom stereocenters. The Bertz CT molecular complexity index is 535. The summed E-state index contributed by atoms with van der Waals surface area (Å²) in [7, 11) is 1.44. The number of carbonyl (C=O) groups is 1. The van der Waals surface area contributed by atoms with Crippen LogP contribution in [0.1, 0.15) is 32.1 Å². The minimum atomic E-state index is -0.571. The van der Waals surface area contributed by atoms with Gasteiger partial charge in [0, 0.05) is 16.2 Å². The molecule has 0 aliphatic heterocycles. The molecule has 0 amide bonds. The first-order chi connectivity index (χ1) is 10.1. The quantitative estimate of drug-likeness (QED) is 0.848. The third kappa shape index (κ3) is 3.24. The molecular formula is C16H20FNO2S. The number of hydrogen-bond donors (Lipinski definition) is 1. The molecule has 0 radical (unpaired) electrons. The molecule has 0 bridgehead atoms. The Morgan fingerprint density at radius 2 is 2.14 bits per heavy atom. The molecular weight excluding hydrogens is 289 g/mol. The van der Waals surface area contributed by atoms with Gasteiger partial charge in [-0.25, -0.2) is 4.39 Å². The van der Waals surface area contributed by atoms with E-state index in [1.165, 1.54) is 24.9 Å². The van der Waals surface area contributed by atoms with Gasteiger partial charge in [-0.3, -0.25) is 10.1 Å². The molecule has 0 saturated heterocycles. The predicted molar refractivity (Wildman–Crippen MR) is 80.8 cm³/mol. The summed E-state index contributed by atoms with van der Waals surface area (Å²) in [4.78, 5) is 12.9. The fraction of sp³-hybridized carbons (Fsp3) is 0.562. The van der Waals surface area contributed by atoms with Gasteiger partial charge < -0.3 is 4.74 Å². The number of methoxy groups -OCH3 is 1. The minimum Gasteiger partial charge on any atom is -0.468 e. The van der Waals surface area contributed by atoms with Crippen LogP contribution in [0.2, 0.25) is 0 Å². The standard InChI is InChI=1S/C16H20FNO2S/c1-20-15(19)16(18-11-6-7-11)9-8-12(10-16)21-14-5-3-2-4-13(14)17/h2-5,11-12,18H,6-10H2,1H3. The van der Waals surface area contributed by atoms with Crippen LogP contribution >= 0.6 is 11.8 Å². The predicted octanol–water partition coefficient (Wildman–Crippen LogP) is 3.13. The topological polar surface area (TPSA) is 38.3 Å². The van der Waals surface area contributed by atoms with Gasteiger partial charge in [-0.15, -0.1) is 11.8 Å². The summed E-state index contributed by atoms with van der Waals surface area (Å²) in [6.45, 7) is 0. The van der Waals surface area contributed by atoms with Crippen molar-refractivity contribution < 1.29 is 13.9 Å². The molecule has 114 valence electrons. The van der Waals surface area contributed by atoms with E-state index < -0.39 is 5.54 Å². The first kappa shape index (κ1) is 14.9. The lowest BCUT2D eigenvalue weighted by molar-refractivity contribution is -0.148. The second-order valence-corrected chi connectivity index (χ2v) is 7.25. The zero-order valence-corrected chi connectivity index (χ0v) is 12.9. The molecule has 3 rings (SSSR count). The van der Waals surface area contributed by atoms with Gasteiger partial charge in [0.2, 0.25) is 0 Å². The number of esters is 1. The zero-order valence-electron chi connectivity index (χ0n) is 12.1. The van der Waals surface area contributed by atoms with Crippen LogP contribution in [0.25, 0.3) is 0 Å². The van der Waals surface area contributed by atoms with Gasteiger partial charge in [-0.05, 0) is 44.2 Å². The number of nitrogens with one attached hydrogen (secondary N) is 1. The monoisotopic (exact) mass is 309 g/mol. The molecule has 0 spiro atoms. The average Bonchev–Trinajstić information content (AvgIpc) is 3.20. The number of rotatable bonds is 5. The third-order valence-electron chi connectivity index (χ3n) is 4.23. The number of halogens is 1. The van der Waals surface area contributed by atoms with E-state index in [0.29, 0.717) is 17.4 Å². The van der Waals surface area contributed by atoms with Crippen LogP contribution in [0.15, 0.2) is 29.2 Å². The minimum absolute atomic E-state index is 0.175. The van der Waals surface area contributed by atoms with Crippen molar-refractivity contribution >= 4 is 17.7 Å². The lowest BCUT2D eigenvalue weighted by Gasteiger charge is -2.27. The van der Waals surface area contributed by atoms with Gasteiger partial charge in [0.15, 0.2) is 0 Å². The smallest absolute Gasteiger partial charge is 0.326 e. The number of benzene rings is 1. The molecule has 5 heteroatoms. The van der Waals surface area contributed by atoms with Crippen molar-refractivity contribution in [2.45, 2.75) is 53.8 Å². The Morgan fingerprint density at radius 3 is 2.81 bits per heavy atom. The maximum atomic E-state index is 13.8. The van der Waals surface area contributed by atoms with Crippen LogP contribution in [0.5, 0.6) is 0 Å². The van der Waals surface area contributed by atoms with Crippen LogP contribution in [0, 0.1) is 5.82 Å². The fourth-order valence-corrected chi connectivity index (χ4v) is 4.31. The Morgan fingerprint density at radius 1 is 1.38 bits per heavy atom. The van der Waals surface area contributed by atoms with E-state index in [1.54, 1.807) is 12.1 Å². The van der Waals surface area contributed by atoms with Gasteiger partial charge in [0.25, 0.3) is 0 Å². The Balaban J connectivity index is 1.70. The molecule has 0 aromatic heterocycles. The van der Waals surface area contributed by atoms with Crippen LogP contribution < -0.4 is 5.32 Å². The van der Waals surface area contributed by atoms with E-state index in [0.717, 1.165) is 25.7 Å². The first-order valence-electron chi connectivity index (χ1n) is 7.40. The van der Waals surface area contributed by atoms with Crippen LogP contribution in [0.3, 0.4) is 0 Å². The number of hydrogen-bond acceptors (Lipinski definition) is 4. The van der Waals surface area contributed by atoms with E-state index >= 15 is 0 Å². The SMILES string of the molecule is COC(=O)C1(NC2CC2)CCC(Sc2ccccc2F)C1. The normalized spacial score (nSPS) is 28.6. The lowest BCUT2D eigenvalue weighted by Crippen LogP contribution is -2.52. The summed E-state index contributed by atoms with van der Waals surface area (Å²) in [6.07, 6.45) is 4.62. The Kier molecular flexibility index (Phi) is 4.22. The molecule has 2 fully saturated rings. The molecule has 3 nitrogen and oxygen atoms in total. The molecule has 2 unspecified atom stereocenters. The van der Waals surface area contributed by atoms with E-state index in [1.807, 2.05) is 6.07 Å². The van der Waals surface area contributed by atoms with Crippen molar-refractivity contribution in [3.63, 3.8) is 0 Å². The average molecular weight is 309 g/mol. The number of thioether (sulfide) groups is 1. The van der Waals surface area contributed by atoms with E-state index in [2.05, 4.69) is 5.32 Å². The van der Waals surface area contributed by atoms with Crippen LogP contribution in [-0.2, 0) is 9.53 Å². The Hall–Kier alpha value is -1.07. The molecule has 1 N–H and O–H groups in total. The van der Waals surface area contributed by atoms with Crippen molar-refractivity contribution in [3.05, 3.63) is 30.1 Å². The van der Waals surface area contributed by atoms with Crippen LogP contribution in [-0.4, -0.2) is 29.9 Å². The number of ether oxygens (including phenoxy) is 1. The van der Waals surface area contributed by atoms with Gasteiger partial charge in [0.05, 0.1) is 7.11 Å². The van der Waals surface area contributed by atoms with E-state index in [4.69, 9.17) is 4.74 Å². The number of carbonyl (C=O) groups excluding carboxylic acids is 1. The molecule has 2 aliphatic carbocycles. The fourth-order valence-electron chi connectivity index (χ4n) is 3.01.